The lowest BCUT2D eigenvalue weighted by Gasteiger charge is -2.08. The van der Waals surface area contributed by atoms with E-state index in [1.54, 1.807) is 19.1 Å². The molecule has 0 bridgehead atoms. The van der Waals surface area contributed by atoms with Gasteiger partial charge in [-0.3, -0.25) is 4.79 Å². The molecule has 2 rings (SSSR count). The number of hydrogen-bond donors (Lipinski definition) is 2. The SMILES string of the molecule is Cc1cc(NC(=O)c2cc(I)ccc2O)ccc1F. The molecule has 0 aliphatic carbocycles. The maximum Gasteiger partial charge on any atom is 0.259 e. The maximum atomic E-state index is 13.1. The number of aromatic hydroxyl groups is 1. The highest BCUT2D eigenvalue weighted by Crippen LogP contribution is 2.21. The molecule has 98 valence electrons. The number of nitrogens with one attached hydrogen (secondary N) is 1. The number of anilines is 1. The molecule has 0 radical (unpaired) electrons. The van der Waals surface area contributed by atoms with Crippen molar-refractivity contribution < 1.29 is 14.3 Å². The summed E-state index contributed by atoms with van der Waals surface area (Å²) in [5.74, 6) is -0.839. The minimum absolute atomic E-state index is 0.0863. The molecule has 2 aromatic rings. The summed E-state index contributed by atoms with van der Waals surface area (Å²) in [6, 6.07) is 9.06. The monoisotopic (exact) mass is 371 g/mol. The minimum atomic E-state index is -0.429. The predicted molar refractivity (Wildman–Crippen MR) is 79.9 cm³/mol. The number of amides is 1. The van der Waals surface area contributed by atoms with Crippen LogP contribution in [0.15, 0.2) is 36.4 Å². The van der Waals surface area contributed by atoms with Crippen LogP contribution in [0.3, 0.4) is 0 Å². The van der Waals surface area contributed by atoms with E-state index in [0.29, 0.717) is 11.3 Å². The lowest BCUT2D eigenvalue weighted by atomic mass is 10.1. The molecule has 19 heavy (non-hydrogen) atoms. The summed E-state index contributed by atoms with van der Waals surface area (Å²) in [5, 5.41) is 12.3. The average Bonchev–Trinajstić information content (AvgIpc) is 2.36. The molecule has 0 saturated heterocycles. The molecule has 0 aliphatic heterocycles. The Labute approximate surface area is 123 Å². The molecule has 2 N–H and O–H groups in total. The van der Waals surface area contributed by atoms with Gasteiger partial charge in [-0.25, -0.2) is 4.39 Å². The molecular formula is C14H11FINO2. The predicted octanol–water partition coefficient (Wildman–Crippen LogP) is 3.70. The third kappa shape index (κ3) is 3.23. The third-order valence-corrected chi connectivity index (χ3v) is 3.29. The van der Waals surface area contributed by atoms with Crippen LogP contribution in [0, 0.1) is 16.3 Å². The van der Waals surface area contributed by atoms with E-state index in [-0.39, 0.29) is 17.1 Å². The molecule has 0 fully saturated rings. The van der Waals surface area contributed by atoms with Crippen LogP contribution in [0.4, 0.5) is 10.1 Å². The summed E-state index contributed by atoms with van der Waals surface area (Å²) in [7, 11) is 0. The first-order valence-corrected chi connectivity index (χ1v) is 6.61. The Bertz CT molecular complexity index is 643. The van der Waals surface area contributed by atoms with Crippen molar-refractivity contribution in [3.63, 3.8) is 0 Å². The first-order chi connectivity index (χ1) is 8.97. The van der Waals surface area contributed by atoms with Crippen molar-refractivity contribution in [3.8, 4) is 5.75 Å². The summed E-state index contributed by atoms with van der Waals surface area (Å²) in [6.07, 6.45) is 0. The van der Waals surface area contributed by atoms with E-state index in [1.165, 1.54) is 24.3 Å². The number of aryl methyl sites for hydroxylation is 1. The zero-order valence-electron chi connectivity index (χ0n) is 10.1. The molecule has 0 unspecified atom stereocenters. The molecule has 0 aromatic heterocycles. The quantitative estimate of drug-likeness (QED) is 0.792. The molecule has 0 aliphatic rings. The molecule has 0 spiro atoms. The van der Waals surface area contributed by atoms with Crippen molar-refractivity contribution >= 4 is 34.2 Å². The lowest BCUT2D eigenvalue weighted by molar-refractivity contribution is 0.102. The van der Waals surface area contributed by atoms with E-state index in [4.69, 9.17) is 0 Å². The van der Waals surface area contributed by atoms with Gasteiger partial charge in [0.15, 0.2) is 0 Å². The number of rotatable bonds is 2. The highest BCUT2D eigenvalue weighted by molar-refractivity contribution is 14.1. The summed E-state index contributed by atoms with van der Waals surface area (Å²) in [6.45, 7) is 1.62. The van der Waals surface area contributed by atoms with Crippen molar-refractivity contribution in [2.24, 2.45) is 0 Å². The van der Waals surface area contributed by atoms with Crippen LogP contribution in [-0.4, -0.2) is 11.0 Å². The minimum Gasteiger partial charge on any atom is -0.507 e. The number of carbonyl (C=O) groups excluding carboxylic acids is 1. The van der Waals surface area contributed by atoms with Crippen LogP contribution in [0.5, 0.6) is 5.75 Å². The van der Waals surface area contributed by atoms with E-state index in [0.717, 1.165) is 3.57 Å². The first-order valence-electron chi connectivity index (χ1n) is 5.53. The Morgan fingerprint density at radius 2 is 2.00 bits per heavy atom. The Hall–Kier alpha value is -1.63. The van der Waals surface area contributed by atoms with Gasteiger partial charge in [-0.05, 0) is 71.5 Å². The highest BCUT2D eigenvalue weighted by atomic mass is 127. The highest BCUT2D eigenvalue weighted by Gasteiger charge is 2.12. The van der Waals surface area contributed by atoms with Gasteiger partial charge in [0.05, 0.1) is 5.56 Å². The van der Waals surface area contributed by atoms with Gasteiger partial charge < -0.3 is 10.4 Å². The van der Waals surface area contributed by atoms with Crippen LogP contribution >= 0.6 is 22.6 Å². The number of halogens is 2. The average molecular weight is 371 g/mol. The van der Waals surface area contributed by atoms with Crippen LogP contribution in [-0.2, 0) is 0 Å². The molecule has 3 nitrogen and oxygen atoms in total. The van der Waals surface area contributed by atoms with Crippen molar-refractivity contribution in [1.82, 2.24) is 0 Å². The Morgan fingerprint density at radius 3 is 2.68 bits per heavy atom. The molecule has 0 saturated carbocycles. The van der Waals surface area contributed by atoms with Gasteiger partial charge in [0, 0.05) is 9.26 Å². The molecule has 0 atom stereocenters. The lowest BCUT2D eigenvalue weighted by Crippen LogP contribution is -2.12. The van der Waals surface area contributed by atoms with E-state index in [9.17, 15) is 14.3 Å². The summed E-state index contributed by atoms with van der Waals surface area (Å²) < 4.78 is 14.0. The number of phenols is 1. The van der Waals surface area contributed by atoms with Gasteiger partial charge in [0.2, 0.25) is 0 Å². The first kappa shape index (κ1) is 13.8. The van der Waals surface area contributed by atoms with Crippen molar-refractivity contribution in [2.75, 3.05) is 5.32 Å². The fourth-order valence-corrected chi connectivity index (χ4v) is 2.10. The second-order valence-corrected chi connectivity index (χ2v) is 5.33. The number of phenolic OH excluding ortho intramolecular Hbond substituents is 1. The van der Waals surface area contributed by atoms with Gasteiger partial charge in [0.25, 0.3) is 5.91 Å². The zero-order chi connectivity index (χ0) is 14.0. The number of hydrogen-bond acceptors (Lipinski definition) is 2. The standard InChI is InChI=1S/C14H11FINO2/c1-8-6-10(3-4-12(8)15)17-14(19)11-7-9(16)2-5-13(11)18/h2-7,18H,1H3,(H,17,19). The van der Waals surface area contributed by atoms with E-state index in [2.05, 4.69) is 27.9 Å². The second kappa shape index (κ2) is 5.56. The van der Waals surface area contributed by atoms with Crippen LogP contribution in [0.25, 0.3) is 0 Å². The topological polar surface area (TPSA) is 49.3 Å². The van der Waals surface area contributed by atoms with Gasteiger partial charge in [-0.2, -0.15) is 0 Å². The Kier molecular flexibility index (Phi) is 4.04. The van der Waals surface area contributed by atoms with Gasteiger partial charge in [0.1, 0.15) is 11.6 Å². The van der Waals surface area contributed by atoms with E-state index in [1.807, 2.05) is 0 Å². The normalized spacial score (nSPS) is 10.3. The summed E-state index contributed by atoms with van der Waals surface area (Å²) in [4.78, 5) is 12.0. The van der Waals surface area contributed by atoms with Crippen LogP contribution in [0.2, 0.25) is 0 Å². The fourth-order valence-electron chi connectivity index (χ4n) is 1.61. The zero-order valence-corrected chi connectivity index (χ0v) is 12.2. The molecule has 2 aromatic carbocycles. The summed E-state index contributed by atoms with van der Waals surface area (Å²) >= 11 is 2.06. The maximum absolute atomic E-state index is 13.1. The Balaban J connectivity index is 2.25. The van der Waals surface area contributed by atoms with Crippen LogP contribution < -0.4 is 5.32 Å². The molecular weight excluding hydrogens is 360 g/mol. The molecule has 5 heteroatoms. The molecule has 1 amide bonds. The van der Waals surface area contributed by atoms with Crippen molar-refractivity contribution in [3.05, 3.63) is 56.9 Å². The number of benzene rings is 2. The summed E-state index contributed by atoms with van der Waals surface area (Å²) in [5.41, 5.74) is 1.13. The largest absolute Gasteiger partial charge is 0.507 e. The van der Waals surface area contributed by atoms with Crippen molar-refractivity contribution in [2.45, 2.75) is 6.92 Å². The van der Waals surface area contributed by atoms with Gasteiger partial charge in [-0.1, -0.05) is 0 Å². The third-order valence-electron chi connectivity index (χ3n) is 2.62. The van der Waals surface area contributed by atoms with E-state index >= 15 is 0 Å². The smallest absolute Gasteiger partial charge is 0.259 e. The van der Waals surface area contributed by atoms with E-state index < -0.39 is 5.91 Å². The molecule has 0 heterocycles. The number of carbonyl (C=O) groups is 1. The Morgan fingerprint density at radius 1 is 1.26 bits per heavy atom. The van der Waals surface area contributed by atoms with Crippen molar-refractivity contribution in [1.29, 1.82) is 0 Å². The van der Waals surface area contributed by atoms with Gasteiger partial charge in [-0.15, -0.1) is 0 Å². The second-order valence-electron chi connectivity index (χ2n) is 4.08. The fraction of sp³-hybridized carbons (Fsp3) is 0.0714. The van der Waals surface area contributed by atoms with Gasteiger partial charge >= 0.3 is 0 Å². The van der Waals surface area contributed by atoms with Crippen LogP contribution in [0.1, 0.15) is 15.9 Å².